The van der Waals surface area contributed by atoms with Crippen molar-refractivity contribution < 1.29 is 18.8 Å². The van der Waals surface area contributed by atoms with Crippen molar-refractivity contribution in [3.05, 3.63) is 78.3 Å². The van der Waals surface area contributed by atoms with Gasteiger partial charge in [-0.3, -0.25) is 14.4 Å². The smallest absolute Gasteiger partial charge is 0.251 e. The molecule has 0 aliphatic rings. The Kier molecular flexibility index (Phi) is 8.02. The van der Waals surface area contributed by atoms with Gasteiger partial charge in [-0.25, -0.2) is 0 Å². The second-order valence-corrected chi connectivity index (χ2v) is 7.12. The Morgan fingerprint density at radius 3 is 2.22 bits per heavy atom. The van der Waals surface area contributed by atoms with Crippen LogP contribution in [0.4, 0.5) is 17.1 Å². The Labute approximate surface area is 186 Å². The van der Waals surface area contributed by atoms with Gasteiger partial charge >= 0.3 is 0 Å². The zero-order valence-electron chi connectivity index (χ0n) is 17.8. The number of amides is 3. The summed E-state index contributed by atoms with van der Waals surface area (Å²) in [6, 6.07) is 17.4. The molecule has 32 heavy (non-hydrogen) atoms. The summed E-state index contributed by atoms with van der Waals surface area (Å²) >= 11 is 0. The van der Waals surface area contributed by atoms with Crippen LogP contribution in [0.25, 0.3) is 0 Å². The Morgan fingerprint density at radius 1 is 0.844 bits per heavy atom. The van der Waals surface area contributed by atoms with Crippen molar-refractivity contribution in [2.24, 2.45) is 0 Å². The average Bonchev–Trinajstić information content (AvgIpc) is 3.30. The highest BCUT2D eigenvalue weighted by Gasteiger charge is 2.08. The molecule has 3 amide bonds. The predicted molar refractivity (Wildman–Crippen MR) is 123 cm³/mol. The first kappa shape index (κ1) is 22.6. The SMILES string of the molecule is CCCC(=O)Nc1cccc(NC(=O)CNc2ccc(C(=O)NCc3ccco3)cc2)c1. The number of anilines is 3. The lowest BCUT2D eigenvalue weighted by atomic mass is 10.2. The maximum Gasteiger partial charge on any atom is 0.251 e. The van der Waals surface area contributed by atoms with E-state index in [2.05, 4.69) is 21.3 Å². The molecular formula is C24H26N4O4. The summed E-state index contributed by atoms with van der Waals surface area (Å²) in [4.78, 5) is 36.2. The topological polar surface area (TPSA) is 112 Å². The number of nitrogens with one attached hydrogen (secondary N) is 4. The molecule has 2 aromatic carbocycles. The second kappa shape index (κ2) is 11.4. The molecule has 0 aliphatic heterocycles. The molecule has 3 rings (SSSR count). The summed E-state index contributed by atoms with van der Waals surface area (Å²) in [5.74, 6) is 0.172. The molecule has 0 radical (unpaired) electrons. The van der Waals surface area contributed by atoms with Crippen LogP contribution in [-0.4, -0.2) is 24.3 Å². The van der Waals surface area contributed by atoms with Crippen LogP contribution < -0.4 is 21.3 Å². The first-order chi connectivity index (χ1) is 15.5. The lowest BCUT2D eigenvalue weighted by Crippen LogP contribution is -2.23. The van der Waals surface area contributed by atoms with Crippen molar-refractivity contribution in [3.63, 3.8) is 0 Å². The Morgan fingerprint density at radius 2 is 1.56 bits per heavy atom. The lowest BCUT2D eigenvalue weighted by molar-refractivity contribution is -0.116. The van der Waals surface area contributed by atoms with Crippen molar-refractivity contribution in [2.45, 2.75) is 26.3 Å². The summed E-state index contributed by atoms with van der Waals surface area (Å²) in [6.45, 7) is 2.31. The molecule has 8 heteroatoms. The van der Waals surface area contributed by atoms with Gasteiger partial charge in [0.05, 0.1) is 19.4 Å². The van der Waals surface area contributed by atoms with Crippen molar-refractivity contribution in [1.29, 1.82) is 0 Å². The summed E-state index contributed by atoms with van der Waals surface area (Å²) in [7, 11) is 0. The summed E-state index contributed by atoms with van der Waals surface area (Å²) < 4.78 is 5.19. The van der Waals surface area contributed by atoms with Crippen molar-refractivity contribution in [1.82, 2.24) is 5.32 Å². The molecule has 1 heterocycles. The van der Waals surface area contributed by atoms with Gasteiger partial charge in [-0.1, -0.05) is 13.0 Å². The van der Waals surface area contributed by atoms with Crippen molar-refractivity contribution in [3.8, 4) is 0 Å². The van der Waals surface area contributed by atoms with Gasteiger partial charge in [-0.15, -0.1) is 0 Å². The standard InChI is InChI=1S/C24H26N4O4/c1-2-5-22(29)27-19-6-3-7-20(14-19)28-23(30)16-25-18-11-9-17(10-12-18)24(31)26-15-21-8-4-13-32-21/h3-4,6-14,25H,2,5,15-16H2,1H3,(H,26,31)(H,27,29)(H,28,30). The van der Waals surface area contributed by atoms with Crippen LogP contribution in [-0.2, 0) is 16.1 Å². The molecule has 0 bridgehead atoms. The fourth-order valence-electron chi connectivity index (χ4n) is 2.93. The van der Waals surface area contributed by atoms with Gasteiger partial charge in [0.1, 0.15) is 5.76 Å². The lowest BCUT2D eigenvalue weighted by Gasteiger charge is -2.10. The highest BCUT2D eigenvalue weighted by Crippen LogP contribution is 2.16. The maximum atomic E-state index is 12.3. The molecule has 8 nitrogen and oxygen atoms in total. The van der Waals surface area contributed by atoms with Crippen LogP contribution in [0, 0.1) is 0 Å². The molecule has 0 saturated heterocycles. The molecule has 166 valence electrons. The Balaban J connectivity index is 1.45. The second-order valence-electron chi connectivity index (χ2n) is 7.12. The van der Waals surface area contributed by atoms with E-state index < -0.39 is 0 Å². The molecule has 0 aliphatic carbocycles. The molecule has 4 N–H and O–H groups in total. The van der Waals surface area contributed by atoms with Crippen LogP contribution in [0.15, 0.2) is 71.3 Å². The van der Waals surface area contributed by atoms with E-state index in [0.29, 0.717) is 41.4 Å². The van der Waals surface area contributed by atoms with Crippen molar-refractivity contribution >= 4 is 34.8 Å². The van der Waals surface area contributed by atoms with Gasteiger partial charge in [0.2, 0.25) is 11.8 Å². The van der Waals surface area contributed by atoms with E-state index in [4.69, 9.17) is 4.42 Å². The van der Waals surface area contributed by atoms with E-state index in [1.165, 1.54) is 0 Å². The number of furan rings is 1. The first-order valence-electron chi connectivity index (χ1n) is 10.4. The van der Waals surface area contributed by atoms with E-state index in [1.54, 1.807) is 66.9 Å². The monoisotopic (exact) mass is 434 g/mol. The molecule has 0 atom stereocenters. The van der Waals surface area contributed by atoms with Crippen LogP contribution in [0.2, 0.25) is 0 Å². The van der Waals surface area contributed by atoms with E-state index in [1.807, 2.05) is 6.92 Å². The maximum absolute atomic E-state index is 12.3. The zero-order chi connectivity index (χ0) is 22.8. The van der Waals surface area contributed by atoms with Gasteiger partial charge in [0.15, 0.2) is 0 Å². The number of benzene rings is 2. The van der Waals surface area contributed by atoms with E-state index in [0.717, 1.165) is 6.42 Å². The third-order valence-corrected chi connectivity index (χ3v) is 4.51. The third kappa shape index (κ3) is 7.02. The zero-order valence-corrected chi connectivity index (χ0v) is 17.8. The van der Waals surface area contributed by atoms with Gasteiger partial charge in [0.25, 0.3) is 5.91 Å². The van der Waals surface area contributed by atoms with E-state index in [-0.39, 0.29) is 24.3 Å². The molecule has 3 aromatic rings. The van der Waals surface area contributed by atoms with Gasteiger partial charge in [-0.05, 0) is 61.0 Å². The van der Waals surface area contributed by atoms with Crippen LogP contribution in [0.3, 0.4) is 0 Å². The number of carbonyl (C=O) groups is 3. The number of hydrogen-bond acceptors (Lipinski definition) is 5. The molecule has 1 aromatic heterocycles. The van der Waals surface area contributed by atoms with E-state index >= 15 is 0 Å². The largest absolute Gasteiger partial charge is 0.467 e. The fourth-order valence-corrected chi connectivity index (χ4v) is 2.93. The predicted octanol–water partition coefficient (Wildman–Crippen LogP) is 4.00. The number of hydrogen-bond donors (Lipinski definition) is 4. The molecular weight excluding hydrogens is 408 g/mol. The number of carbonyl (C=O) groups excluding carboxylic acids is 3. The highest BCUT2D eigenvalue weighted by molar-refractivity contribution is 5.96. The highest BCUT2D eigenvalue weighted by atomic mass is 16.3. The van der Waals surface area contributed by atoms with Crippen LogP contribution >= 0.6 is 0 Å². The molecule has 0 unspecified atom stereocenters. The fraction of sp³-hybridized carbons (Fsp3) is 0.208. The summed E-state index contributed by atoms with van der Waals surface area (Å²) in [5, 5.41) is 11.4. The Bertz CT molecular complexity index is 1050. The van der Waals surface area contributed by atoms with Crippen molar-refractivity contribution in [2.75, 3.05) is 22.5 Å². The minimum atomic E-state index is -0.234. The third-order valence-electron chi connectivity index (χ3n) is 4.51. The molecule has 0 fully saturated rings. The quantitative estimate of drug-likeness (QED) is 0.385. The van der Waals surface area contributed by atoms with Crippen LogP contribution in [0.5, 0.6) is 0 Å². The van der Waals surface area contributed by atoms with E-state index in [9.17, 15) is 14.4 Å². The van der Waals surface area contributed by atoms with Gasteiger partial charge in [-0.2, -0.15) is 0 Å². The molecule has 0 saturated carbocycles. The van der Waals surface area contributed by atoms with Gasteiger partial charge in [0, 0.05) is 29.0 Å². The summed E-state index contributed by atoms with van der Waals surface area (Å²) in [5.41, 5.74) is 2.45. The summed E-state index contributed by atoms with van der Waals surface area (Å²) in [6.07, 6.45) is 2.77. The normalized spacial score (nSPS) is 10.3. The minimum absolute atomic E-state index is 0.0520. The Hall–Kier alpha value is -4.07. The molecule has 0 spiro atoms. The van der Waals surface area contributed by atoms with Gasteiger partial charge < -0.3 is 25.7 Å². The first-order valence-corrected chi connectivity index (χ1v) is 10.4. The minimum Gasteiger partial charge on any atom is -0.467 e. The average molecular weight is 434 g/mol. The number of rotatable bonds is 10. The van der Waals surface area contributed by atoms with Crippen LogP contribution in [0.1, 0.15) is 35.9 Å².